The number of nitrogens with one attached hydrogen (secondary N) is 2. The van der Waals surface area contributed by atoms with Crippen molar-refractivity contribution in [1.29, 1.82) is 0 Å². The van der Waals surface area contributed by atoms with Crippen molar-refractivity contribution in [2.45, 2.75) is 13.0 Å². The first-order valence-electron chi connectivity index (χ1n) is 9.07. The van der Waals surface area contributed by atoms with E-state index in [2.05, 4.69) is 10.6 Å². The van der Waals surface area contributed by atoms with Crippen LogP contribution in [-0.2, 0) is 17.8 Å². The highest BCUT2D eigenvalue weighted by Crippen LogP contribution is 2.18. The van der Waals surface area contributed by atoms with Gasteiger partial charge in [0.05, 0.1) is 11.3 Å². The molecule has 0 unspecified atom stereocenters. The fraction of sp³-hybridized carbons (Fsp3) is 0.0909. The minimum absolute atomic E-state index is 0.0989. The first kappa shape index (κ1) is 20.7. The topological polar surface area (TPSA) is 101 Å². The molecule has 0 spiro atoms. The molecular formula is C22H18FN3O4. The Bertz CT molecular complexity index is 1080. The van der Waals surface area contributed by atoms with Crippen LogP contribution in [0.4, 0.5) is 15.8 Å². The summed E-state index contributed by atoms with van der Waals surface area (Å²) >= 11 is 0. The first-order valence-corrected chi connectivity index (χ1v) is 9.07. The maximum Gasteiger partial charge on any atom is 0.273 e. The number of para-hydroxylation sites is 1. The van der Waals surface area contributed by atoms with Crippen LogP contribution in [0.25, 0.3) is 0 Å². The monoisotopic (exact) mass is 407 g/mol. The van der Waals surface area contributed by atoms with Gasteiger partial charge in [-0.15, -0.1) is 0 Å². The van der Waals surface area contributed by atoms with E-state index in [-0.39, 0.29) is 30.5 Å². The summed E-state index contributed by atoms with van der Waals surface area (Å²) in [6, 6.07) is 18.2. The van der Waals surface area contributed by atoms with Crippen molar-refractivity contribution in [1.82, 2.24) is 5.32 Å². The van der Waals surface area contributed by atoms with Gasteiger partial charge in [0.1, 0.15) is 5.82 Å². The third-order valence-electron chi connectivity index (χ3n) is 4.32. The van der Waals surface area contributed by atoms with Crippen molar-refractivity contribution in [2.75, 3.05) is 5.32 Å². The molecule has 0 heterocycles. The lowest BCUT2D eigenvalue weighted by molar-refractivity contribution is -0.385. The number of nitrogens with zero attached hydrogens (tertiary/aromatic N) is 1. The third-order valence-corrected chi connectivity index (χ3v) is 4.32. The Morgan fingerprint density at radius 2 is 1.70 bits per heavy atom. The Morgan fingerprint density at radius 1 is 0.967 bits per heavy atom. The van der Waals surface area contributed by atoms with Crippen LogP contribution in [0, 0.1) is 15.9 Å². The fourth-order valence-electron chi connectivity index (χ4n) is 2.84. The summed E-state index contributed by atoms with van der Waals surface area (Å²) < 4.78 is 13.0. The molecule has 0 aliphatic heterocycles. The summed E-state index contributed by atoms with van der Waals surface area (Å²) in [4.78, 5) is 35.0. The molecule has 0 saturated carbocycles. The number of anilines is 1. The molecule has 0 aliphatic carbocycles. The number of rotatable bonds is 7. The average molecular weight is 407 g/mol. The molecular weight excluding hydrogens is 389 g/mol. The van der Waals surface area contributed by atoms with Crippen LogP contribution in [0.3, 0.4) is 0 Å². The van der Waals surface area contributed by atoms with Crippen LogP contribution in [0.1, 0.15) is 21.5 Å². The van der Waals surface area contributed by atoms with Gasteiger partial charge in [-0.25, -0.2) is 4.39 Å². The van der Waals surface area contributed by atoms with Crippen LogP contribution in [0.15, 0.2) is 72.8 Å². The molecule has 0 atom stereocenters. The Hall–Kier alpha value is -4.07. The van der Waals surface area contributed by atoms with E-state index in [0.717, 1.165) is 5.56 Å². The summed E-state index contributed by atoms with van der Waals surface area (Å²) in [5.41, 5.74) is 1.82. The highest BCUT2D eigenvalue weighted by Gasteiger charge is 2.15. The molecule has 2 N–H and O–H groups in total. The van der Waals surface area contributed by atoms with Gasteiger partial charge in [-0.05, 0) is 42.0 Å². The number of hydrogen-bond donors (Lipinski definition) is 2. The van der Waals surface area contributed by atoms with Crippen LogP contribution >= 0.6 is 0 Å². The van der Waals surface area contributed by atoms with Crippen LogP contribution in [-0.4, -0.2) is 16.7 Å². The standard InChI is InChI=1S/C22H18FN3O4/c23-18-10-8-16(9-11-18)22(28)25-19-6-3-4-15(12-19)14-24-21(27)13-17-5-1-2-7-20(17)26(29)30/h1-12H,13-14H2,(H,24,27)(H,25,28). The molecule has 30 heavy (non-hydrogen) atoms. The lowest BCUT2D eigenvalue weighted by Gasteiger charge is -2.09. The van der Waals surface area contributed by atoms with Gasteiger partial charge in [0.15, 0.2) is 0 Å². The number of halogens is 1. The zero-order valence-corrected chi connectivity index (χ0v) is 15.8. The predicted octanol–water partition coefficient (Wildman–Crippen LogP) is 3.85. The number of hydrogen-bond acceptors (Lipinski definition) is 4. The van der Waals surface area contributed by atoms with Crippen molar-refractivity contribution < 1.29 is 18.9 Å². The van der Waals surface area contributed by atoms with E-state index in [1.165, 1.54) is 30.3 Å². The molecule has 0 aliphatic rings. The highest BCUT2D eigenvalue weighted by atomic mass is 19.1. The zero-order chi connectivity index (χ0) is 21.5. The normalized spacial score (nSPS) is 10.3. The number of carbonyl (C=O) groups is 2. The summed E-state index contributed by atoms with van der Waals surface area (Å²) in [6.07, 6.45) is -0.113. The largest absolute Gasteiger partial charge is 0.352 e. The number of nitro groups is 1. The lowest BCUT2D eigenvalue weighted by Crippen LogP contribution is -2.25. The maximum absolute atomic E-state index is 13.0. The predicted molar refractivity (Wildman–Crippen MR) is 109 cm³/mol. The van der Waals surface area contributed by atoms with Gasteiger partial charge < -0.3 is 10.6 Å². The van der Waals surface area contributed by atoms with E-state index in [9.17, 15) is 24.1 Å². The smallest absolute Gasteiger partial charge is 0.273 e. The van der Waals surface area contributed by atoms with Crippen molar-refractivity contribution in [3.63, 3.8) is 0 Å². The Morgan fingerprint density at radius 3 is 2.43 bits per heavy atom. The number of amides is 2. The lowest BCUT2D eigenvalue weighted by atomic mass is 10.1. The third kappa shape index (κ3) is 5.48. The molecule has 0 aromatic heterocycles. The number of benzene rings is 3. The summed E-state index contributed by atoms with van der Waals surface area (Å²) in [5, 5.41) is 16.5. The quantitative estimate of drug-likeness (QED) is 0.459. The Balaban J connectivity index is 1.59. The minimum Gasteiger partial charge on any atom is -0.352 e. The van der Waals surface area contributed by atoms with E-state index in [0.29, 0.717) is 16.8 Å². The second-order valence-corrected chi connectivity index (χ2v) is 6.50. The maximum atomic E-state index is 13.0. The zero-order valence-electron chi connectivity index (χ0n) is 15.8. The molecule has 3 rings (SSSR count). The van der Waals surface area contributed by atoms with Gasteiger partial charge in [0, 0.05) is 29.4 Å². The van der Waals surface area contributed by atoms with Crippen LogP contribution < -0.4 is 10.6 Å². The highest BCUT2D eigenvalue weighted by molar-refractivity contribution is 6.04. The second-order valence-electron chi connectivity index (χ2n) is 6.50. The summed E-state index contributed by atoms with van der Waals surface area (Å²) in [7, 11) is 0. The molecule has 152 valence electrons. The van der Waals surface area contributed by atoms with Crippen LogP contribution in [0.5, 0.6) is 0 Å². The molecule has 0 bridgehead atoms. The van der Waals surface area contributed by atoms with Crippen molar-refractivity contribution in [2.24, 2.45) is 0 Å². The average Bonchev–Trinajstić information content (AvgIpc) is 2.73. The molecule has 0 radical (unpaired) electrons. The van der Waals surface area contributed by atoms with E-state index in [4.69, 9.17) is 0 Å². The van der Waals surface area contributed by atoms with E-state index < -0.39 is 10.7 Å². The molecule has 2 amide bonds. The van der Waals surface area contributed by atoms with Gasteiger partial charge in [0.2, 0.25) is 5.91 Å². The van der Waals surface area contributed by atoms with E-state index in [1.54, 1.807) is 42.5 Å². The SMILES string of the molecule is O=C(Cc1ccccc1[N+](=O)[O-])NCc1cccc(NC(=O)c2ccc(F)cc2)c1. The molecule has 3 aromatic rings. The van der Waals surface area contributed by atoms with Gasteiger partial charge >= 0.3 is 0 Å². The number of carbonyl (C=O) groups excluding carboxylic acids is 2. The molecule has 8 heteroatoms. The first-order chi connectivity index (χ1) is 14.4. The fourth-order valence-corrected chi connectivity index (χ4v) is 2.84. The van der Waals surface area contributed by atoms with Crippen molar-refractivity contribution in [3.05, 3.63) is 105 Å². The Kier molecular flexibility index (Phi) is 6.49. The summed E-state index contributed by atoms with van der Waals surface area (Å²) in [5.74, 6) is -1.16. The molecule has 0 saturated heterocycles. The van der Waals surface area contributed by atoms with E-state index in [1.807, 2.05) is 0 Å². The van der Waals surface area contributed by atoms with Gasteiger partial charge in [-0.3, -0.25) is 19.7 Å². The second kappa shape index (κ2) is 9.42. The minimum atomic E-state index is -0.518. The van der Waals surface area contributed by atoms with Gasteiger partial charge in [-0.1, -0.05) is 30.3 Å². The van der Waals surface area contributed by atoms with Gasteiger partial charge in [0.25, 0.3) is 11.6 Å². The van der Waals surface area contributed by atoms with Gasteiger partial charge in [-0.2, -0.15) is 0 Å². The number of nitro benzene ring substituents is 1. The van der Waals surface area contributed by atoms with Crippen molar-refractivity contribution in [3.8, 4) is 0 Å². The molecule has 3 aromatic carbocycles. The Labute approximate surface area is 171 Å². The van der Waals surface area contributed by atoms with Crippen molar-refractivity contribution >= 4 is 23.2 Å². The molecule has 7 nitrogen and oxygen atoms in total. The van der Waals surface area contributed by atoms with Crippen LogP contribution in [0.2, 0.25) is 0 Å². The summed E-state index contributed by atoms with van der Waals surface area (Å²) in [6.45, 7) is 0.194. The van der Waals surface area contributed by atoms with E-state index >= 15 is 0 Å². The molecule has 0 fully saturated rings.